The lowest BCUT2D eigenvalue weighted by atomic mass is 9.81. The van der Waals surface area contributed by atoms with E-state index in [9.17, 15) is 19.5 Å². The molecule has 1 aliphatic heterocycles. The lowest BCUT2D eigenvalue weighted by molar-refractivity contribution is -0.169. The van der Waals surface area contributed by atoms with Crippen LogP contribution in [0.25, 0.3) is 11.2 Å². The third-order valence-corrected chi connectivity index (χ3v) is 5.71. The van der Waals surface area contributed by atoms with E-state index in [2.05, 4.69) is 15.0 Å². The van der Waals surface area contributed by atoms with Crippen LogP contribution in [0.2, 0.25) is 0 Å². The second-order valence-electron chi connectivity index (χ2n) is 7.68. The maximum atomic E-state index is 13.7. The largest absolute Gasteiger partial charge is 0.463 e. The van der Waals surface area contributed by atoms with E-state index < -0.39 is 41.4 Å². The van der Waals surface area contributed by atoms with Gasteiger partial charge in [0.15, 0.2) is 23.0 Å². The van der Waals surface area contributed by atoms with Crippen LogP contribution in [0.15, 0.2) is 43.0 Å². The van der Waals surface area contributed by atoms with Crippen LogP contribution in [-0.4, -0.2) is 61.0 Å². The van der Waals surface area contributed by atoms with Crippen LogP contribution in [0.4, 0.5) is 5.82 Å². The van der Waals surface area contributed by atoms with E-state index in [0.717, 1.165) is 0 Å². The highest BCUT2D eigenvalue weighted by Gasteiger charge is 2.63. The van der Waals surface area contributed by atoms with Gasteiger partial charge in [0.25, 0.3) is 0 Å². The fraction of sp³-hybridized carbons (Fsp3) is 0.364. The van der Waals surface area contributed by atoms with Gasteiger partial charge < -0.3 is 20.3 Å². The van der Waals surface area contributed by atoms with Crippen LogP contribution in [-0.2, 0) is 24.8 Å². The zero-order valence-corrected chi connectivity index (χ0v) is 18.0. The minimum absolute atomic E-state index is 0.0220. The molecule has 0 spiro atoms. The lowest BCUT2D eigenvalue weighted by Crippen LogP contribution is -2.51. The number of ketones is 2. The van der Waals surface area contributed by atoms with E-state index in [-0.39, 0.29) is 35.6 Å². The van der Waals surface area contributed by atoms with Gasteiger partial charge in [0.05, 0.1) is 12.4 Å². The Hall–Kier alpha value is -3.70. The quantitative estimate of drug-likeness (QED) is 0.388. The van der Waals surface area contributed by atoms with Gasteiger partial charge in [-0.05, 0) is 0 Å². The van der Waals surface area contributed by atoms with Crippen LogP contribution in [0.3, 0.4) is 0 Å². The van der Waals surface area contributed by atoms with Crippen molar-refractivity contribution in [3.8, 4) is 0 Å². The maximum Gasteiger partial charge on any atom is 0.302 e. The summed E-state index contributed by atoms with van der Waals surface area (Å²) in [6.07, 6.45) is -0.153. The average Bonchev–Trinajstić information content (AvgIpc) is 3.38. The van der Waals surface area contributed by atoms with Gasteiger partial charge in [0.2, 0.25) is 5.72 Å². The molecule has 0 radical (unpaired) electrons. The predicted molar refractivity (Wildman–Crippen MR) is 115 cm³/mol. The highest BCUT2D eigenvalue weighted by molar-refractivity contribution is 6.03. The molecule has 3 N–H and O–H groups in total. The summed E-state index contributed by atoms with van der Waals surface area (Å²) in [5.41, 5.74) is 4.58. The number of Topliss-reactive ketones (excluding diaryl/α,β-unsaturated/α-hetero) is 2. The summed E-state index contributed by atoms with van der Waals surface area (Å²) in [6.45, 7) is 2.48. The molecule has 1 saturated heterocycles. The third kappa shape index (κ3) is 3.64. The Morgan fingerprint density at radius 1 is 1.21 bits per heavy atom. The number of aliphatic hydroxyl groups excluding tert-OH is 1. The fourth-order valence-corrected chi connectivity index (χ4v) is 4.20. The number of fused-ring (bicyclic) bond motifs is 1. The van der Waals surface area contributed by atoms with Gasteiger partial charge in [-0.3, -0.25) is 19.0 Å². The topological polar surface area (TPSA) is 160 Å². The number of aliphatic hydroxyl groups is 1. The van der Waals surface area contributed by atoms with Crippen LogP contribution >= 0.6 is 0 Å². The third-order valence-electron chi connectivity index (χ3n) is 5.71. The van der Waals surface area contributed by atoms with E-state index in [0.29, 0.717) is 0 Å². The Bertz CT molecular complexity index is 1210. The van der Waals surface area contributed by atoms with Crippen molar-refractivity contribution in [1.29, 1.82) is 0 Å². The van der Waals surface area contributed by atoms with Crippen molar-refractivity contribution in [2.45, 2.75) is 38.2 Å². The molecule has 1 aromatic carbocycles. The van der Waals surface area contributed by atoms with Gasteiger partial charge in [0, 0.05) is 18.9 Å². The number of rotatable bonds is 7. The minimum Gasteiger partial charge on any atom is -0.463 e. The summed E-state index contributed by atoms with van der Waals surface area (Å²) in [5, 5.41) is 11.2. The molecule has 4 rings (SSSR count). The number of carbonyl (C=O) groups excluding carboxylic acids is 3. The van der Waals surface area contributed by atoms with E-state index >= 15 is 0 Å². The Morgan fingerprint density at radius 2 is 1.94 bits per heavy atom. The van der Waals surface area contributed by atoms with Crippen LogP contribution in [0.5, 0.6) is 0 Å². The Labute approximate surface area is 188 Å². The van der Waals surface area contributed by atoms with E-state index in [4.69, 9.17) is 15.2 Å². The van der Waals surface area contributed by atoms with Crippen molar-refractivity contribution < 1.29 is 29.0 Å². The lowest BCUT2D eigenvalue weighted by Gasteiger charge is -2.34. The number of imidazole rings is 1. The Balaban J connectivity index is 1.94. The first kappa shape index (κ1) is 22.5. The first-order chi connectivity index (χ1) is 15.8. The predicted octanol–water partition coefficient (Wildman–Crippen LogP) is 0.862. The number of carbonyl (C=O) groups is 3. The van der Waals surface area contributed by atoms with Gasteiger partial charge in [-0.1, -0.05) is 37.3 Å². The number of hydrogen-bond acceptors (Lipinski definition) is 10. The molecular formula is C22H23N5O6. The molecule has 11 heteroatoms. The first-order valence-corrected chi connectivity index (χ1v) is 10.4. The molecule has 0 aliphatic carbocycles. The van der Waals surface area contributed by atoms with Crippen molar-refractivity contribution in [2.75, 3.05) is 12.3 Å². The van der Waals surface area contributed by atoms with Gasteiger partial charge >= 0.3 is 5.97 Å². The number of nitrogen functional groups attached to an aromatic ring is 1. The molecule has 3 aromatic rings. The first-order valence-electron chi connectivity index (χ1n) is 10.4. The standard InChI is InChI=1S/C22H23N5O6/c1-3-15(29)22(27-11-26-17-20(23)24-10-25-21(17)27)16(18(30)13-7-5-4-6-8-13)19(31)14(33-22)9-32-12(2)28/h4-8,10-11,14,16,19,31H,3,9H2,1-2H3,(H2,23,24,25)/t14-,16-,19-,22-/m1/s1. The van der Waals surface area contributed by atoms with Crippen molar-refractivity contribution >= 4 is 34.5 Å². The summed E-state index contributed by atoms with van der Waals surface area (Å²) < 4.78 is 12.5. The van der Waals surface area contributed by atoms with Gasteiger partial charge in [-0.15, -0.1) is 0 Å². The molecule has 4 atom stereocenters. The summed E-state index contributed by atoms with van der Waals surface area (Å²) in [6, 6.07) is 8.27. The van der Waals surface area contributed by atoms with Crippen molar-refractivity contribution in [2.24, 2.45) is 5.92 Å². The number of ether oxygens (including phenoxy) is 2. The van der Waals surface area contributed by atoms with Crippen LogP contribution < -0.4 is 5.73 Å². The summed E-state index contributed by atoms with van der Waals surface area (Å²) in [4.78, 5) is 50.9. The molecule has 0 amide bonds. The maximum absolute atomic E-state index is 13.7. The SMILES string of the molecule is CCC(=O)[C@@]1(n2cnc3c(N)ncnc32)O[C@H](COC(C)=O)[C@@H](O)[C@H]1C(=O)c1ccccc1. The van der Waals surface area contributed by atoms with E-state index in [1.54, 1.807) is 37.3 Å². The second-order valence-corrected chi connectivity index (χ2v) is 7.68. The van der Waals surface area contributed by atoms with E-state index in [1.807, 2.05) is 0 Å². The zero-order valence-electron chi connectivity index (χ0n) is 18.0. The molecule has 0 saturated carbocycles. The monoisotopic (exact) mass is 453 g/mol. The fourth-order valence-electron chi connectivity index (χ4n) is 4.20. The summed E-state index contributed by atoms with van der Waals surface area (Å²) in [7, 11) is 0. The highest BCUT2D eigenvalue weighted by Crippen LogP contribution is 2.45. The number of benzene rings is 1. The molecule has 1 fully saturated rings. The molecule has 2 aromatic heterocycles. The van der Waals surface area contributed by atoms with Crippen molar-refractivity contribution in [3.05, 3.63) is 48.5 Å². The van der Waals surface area contributed by atoms with Crippen molar-refractivity contribution in [1.82, 2.24) is 19.5 Å². The number of anilines is 1. The average molecular weight is 453 g/mol. The number of aromatic nitrogens is 4. The summed E-state index contributed by atoms with van der Waals surface area (Å²) in [5.74, 6) is -2.89. The molecule has 172 valence electrons. The number of nitrogens with two attached hydrogens (primary N) is 1. The molecule has 0 bridgehead atoms. The molecule has 0 unspecified atom stereocenters. The van der Waals surface area contributed by atoms with Gasteiger partial charge in [0.1, 0.15) is 30.5 Å². The van der Waals surface area contributed by atoms with Gasteiger partial charge in [-0.2, -0.15) is 0 Å². The number of nitrogens with zero attached hydrogens (tertiary/aromatic N) is 4. The number of hydrogen-bond donors (Lipinski definition) is 2. The van der Waals surface area contributed by atoms with Crippen LogP contribution in [0.1, 0.15) is 30.6 Å². The van der Waals surface area contributed by atoms with Crippen LogP contribution in [0, 0.1) is 5.92 Å². The Kier molecular flexibility index (Phi) is 5.91. The summed E-state index contributed by atoms with van der Waals surface area (Å²) >= 11 is 0. The highest BCUT2D eigenvalue weighted by atomic mass is 16.6. The normalized spacial score (nSPS) is 24.6. The zero-order chi connectivity index (χ0) is 23.8. The van der Waals surface area contributed by atoms with Crippen molar-refractivity contribution in [3.63, 3.8) is 0 Å². The molecule has 3 heterocycles. The second kappa shape index (κ2) is 8.68. The molecule has 1 aliphatic rings. The molecule has 11 nitrogen and oxygen atoms in total. The number of esters is 1. The molecular weight excluding hydrogens is 430 g/mol. The minimum atomic E-state index is -2.00. The van der Waals surface area contributed by atoms with E-state index in [1.165, 1.54) is 24.1 Å². The Morgan fingerprint density at radius 3 is 2.61 bits per heavy atom. The van der Waals surface area contributed by atoms with Gasteiger partial charge in [-0.25, -0.2) is 15.0 Å². The molecule has 33 heavy (non-hydrogen) atoms. The smallest absolute Gasteiger partial charge is 0.302 e.